The van der Waals surface area contributed by atoms with Crippen LogP contribution in [0.5, 0.6) is 0 Å². The maximum atomic E-state index is 14.1. The van der Waals surface area contributed by atoms with E-state index in [1.54, 1.807) is 6.20 Å². The highest BCUT2D eigenvalue weighted by molar-refractivity contribution is 5.81. The van der Waals surface area contributed by atoms with E-state index >= 15 is 0 Å². The number of carbonyl (C=O) groups excluding carboxylic acids is 4. The van der Waals surface area contributed by atoms with Crippen molar-refractivity contribution < 1.29 is 33.8 Å². The van der Waals surface area contributed by atoms with Gasteiger partial charge in [0.1, 0.15) is 24.8 Å². The first-order valence-electron chi connectivity index (χ1n) is 29.7. The van der Waals surface area contributed by atoms with Gasteiger partial charge in [0.05, 0.1) is 18.4 Å². The predicted octanol–water partition coefficient (Wildman–Crippen LogP) is 13.2. The summed E-state index contributed by atoms with van der Waals surface area (Å²) < 4.78 is 12.1. The van der Waals surface area contributed by atoms with E-state index in [0.717, 1.165) is 166 Å². The second-order valence-corrected chi connectivity index (χ2v) is 23.8. The van der Waals surface area contributed by atoms with Crippen LogP contribution in [0.15, 0.2) is 64.9 Å². The Bertz CT molecular complexity index is 1830. The Hall–Kier alpha value is -3.71. The number of Topliss-reactive ketones (excluding diaryl/α,β-unsaturated/α-hetero) is 1. The molecule has 3 rings (SSSR count). The van der Waals surface area contributed by atoms with Crippen LogP contribution in [0, 0.1) is 29.6 Å². The van der Waals surface area contributed by atoms with E-state index in [-0.39, 0.29) is 60.2 Å². The number of aliphatic hydroxyl groups excluding tert-OH is 1. The van der Waals surface area contributed by atoms with Crippen LogP contribution in [0.25, 0.3) is 0 Å². The summed E-state index contributed by atoms with van der Waals surface area (Å²) in [6, 6.07) is 0. The van der Waals surface area contributed by atoms with Gasteiger partial charge < -0.3 is 29.6 Å². The van der Waals surface area contributed by atoms with E-state index in [1.807, 2.05) is 38.2 Å². The van der Waals surface area contributed by atoms with Gasteiger partial charge in [-0.1, -0.05) is 103 Å². The number of piperidine rings is 1. The molecule has 1 saturated heterocycles. The van der Waals surface area contributed by atoms with E-state index in [0.29, 0.717) is 44.2 Å². The number of carbonyl (C=O) groups is 4. The number of aliphatic imine (C=N–C) groups is 1. The molecule has 0 aromatic heterocycles. The standard InChI is InChI=1S/C63H107N5O7/c1-11-38-67(39-12-2)49-66(10)48-56(46-64-9)47-65-61(73)75-57-32-30-55(31-33-57)29-28-54-24-21-35-62(7)34-19-20-40-68(62)60(72)25-22-37-63(8,74-42-41-69)36-18-16-14-13-15-17-23-50(3)43-52(5)58(70)45-59(71)53(6)44-51(4)26-27-54/h13-17,23,41,44,46,50-52,54-55,57,59,71H,9,11-12,18-22,24-40,42-43,45,47-49H2,1-8,10H3,(H,65,73)/b15-13+,16-14+,23-17+,53-44+,56-46-/t50-,51?,52?,54?,55?,57?,59?,62+,63-/m1/s1. The Morgan fingerprint density at radius 1 is 0.893 bits per heavy atom. The summed E-state index contributed by atoms with van der Waals surface area (Å²) in [4.78, 5) is 62.8. The van der Waals surface area contributed by atoms with Crippen LogP contribution in [0.1, 0.15) is 203 Å². The summed E-state index contributed by atoms with van der Waals surface area (Å²) in [6.45, 7) is 25.6. The number of ether oxygens (including phenoxy) is 2. The van der Waals surface area contributed by atoms with Gasteiger partial charge in [0, 0.05) is 50.1 Å². The molecule has 2 amide bonds. The predicted molar refractivity (Wildman–Crippen MR) is 310 cm³/mol. The summed E-state index contributed by atoms with van der Waals surface area (Å²) in [5.74, 6) is 1.78. The lowest BCUT2D eigenvalue weighted by atomic mass is 9.79. The molecule has 3 aliphatic rings. The number of nitrogens with zero attached hydrogens (tertiary/aromatic N) is 4. The molecule has 7 atom stereocenters. The number of amides is 2. The highest BCUT2D eigenvalue weighted by Crippen LogP contribution is 2.37. The Kier molecular flexibility index (Phi) is 31.8. The minimum absolute atomic E-state index is 0.0455. The fraction of sp³-hybridized carbons (Fsp3) is 0.762. The number of fused-ring (bicyclic) bond motifs is 1. The number of hydrogen-bond donors (Lipinski definition) is 2. The van der Waals surface area contributed by atoms with Crippen molar-refractivity contribution in [2.24, 2.45) is 34.6 Å². The van der Waals surface area contributed by atoms with Crippen molar-refractivity contribution in [1.82, 2.24) is 20.0 Å². The Morgan fingerprint density at radius 2 is 1.57 bits per heavy atom. The summed E-state index contributed by atoms with van der Waals surface area (Å²) >= 11 is 0. The number of likely N-dealkylation sites (N-methyl/N-ethyl adjacent to an activating group) is 1. The van der Waals surface area contributed by atoms with Gasteiger partial charge in [-0.2, -0.15) is 0 Å². The van der Waals surface area contributed by atoms with Gasteiger partial charge in [0.2, 0.25) is 5.91 Å². The molecule has 0 aromatic rings. The van der Waals surface area contributed by atoms with E-state index in [2.05, 4.69) is 98.5 Å². The van der Waals surface area contributed by atoms with E-state index in [9.17, 15) is 24.3 Å². The van der Waals surface area contributed by atoms with Crippen LogP contribution in [-0.4, -0.2) is 127 Å². The van der Waals surface area contributed by atoms with Gasteiger partial charge in [0.15, 0.2) is 0 Å². The van der Waals surface area contributed by atoms with Crippen LogP contribution in [0.4, 0.5) is 4.79 Å². The normalized spacial score (nSPS) is 31.4. The monoisotopic (exact) mass is 1050 g/mol. The van der Waals surface area contributed by atoms with Crippen LogP contribution < -0.4 is 5.32 Å². The van der Waals surface area contributed by atoms with Crippen LogP contribution in [0.2, 0.25) is 0 Å². The summed E-state index contributed by atoms with van der Waals surface area (Å²) in [5, 5.41) is 14.2. The lowest BCUT2D eigenvalue weighted by molar-refractivity contribution is -0.140. The SMILES string of the molecule is C=N/C=C(/CNC(=O)OC1CCC(CCC2CCC[C@]3(C)CCCCN3C(=O)CCC[C@](C)(OCC=O)CC/C=C/C=C/C=C/[C@@H](C)CC(C)C(=O)CC(O)/C(C)=C/C(C)CC2)CC1)CN(C)CN(CCC)CCC. The first kappa shape index (κ1) is 65.6. The number of ketones is 1. The van der Waals surface area contributed by atoms with Gasteiger partial charge in [-0.15, -0.1) is 0 Å². The summed E-state index contributed by atoms with van der Waals surface area (Å²) in [7, 11) is 2.10. The summed E-state index contributed by atoms with van der Waals surface area (Å²) in [6.07, 6.45) is 36.9. The molecule has 0 spiro atoms. The number of allylic oxidation sites excluding steroid dienone is 7. The third kappa shape index (κ3) is 26.5. The largest absolute Gasteiger partial charge is 0.446 e. The molecule has 1 aliphatic carbocycles. The van der Waals surface area contributed by atoms with Crippen LogP contribution in [0.3, 0.4) is 0 Å². The van der Waals surface area contributed by atoms with Gasteiger partial charge >= 0.3 is 6.09 Å². The quantitative estimate of drug-likeness (QED) is 0.0594. The number of aliphatic hydroxyl groups is 1. The Labute approximate surface area is 456 Å². The highest BCUT2D eigenvalue weighted by Gasteiger charge is 2.37. The molecule has 0 radical (unpaired) electrons. The van der Waals surface area contributed by atoms with E-state index < -0.39 is 11.7 Å². The van der Waals surface area contributed by atoms with Crippen molar-refractivity contribution in [3.63, 3.8) is 0 Å². The smallest absolute Gasteiger partial charge is 0.407 e. The molecular weight excluding hydrogens is 939 g/mol. The highest BCUT2D eigenvalue weighted by atomic mass is 16.6. The molecule has 2 fully saturated rings. The molecule has 0 aromatic carbocycles. The van der Waals surface area contributed by atoms with Gasteiger partial charge in [-0.25, -0.2) is 4.79 Å². The fourth-order valence-electron chi connectivity index (χ4n) is 12.0. The van der Waals surface area contributed by atoms with Crippen LogP contribution in [-0.2, 0) is 23.9 Å². The second kappa shape index (κ2) is 36.4. The van der Waals surface area contributed by atoms with Crippen molar-refractivity contribution in [3.05, 3.63) is 59.9 Å². The first-order chi connectivity index (χ1) is 35.9. The molecular formula is C63H107N5O7. The zero-order valence-electron chi connectivity index (χ0n) is 48.8. The minimum atomic E-state index is -0.784. The molecule has 2 heterocycles. The molecule has 426 valence electrons. The van der Waals surface area contributed by atoms with E-state index in [1.165, 1.54) is 0 Å². The zero-order valence-corrected chi connectivity index (χ0v) is 48.8. The van der Waals surface area contributed by atoms with Crippen molar-refractivity contribution in [2.75, 3.05) is 53.0 Å². The van der Waals surface area contributed by atoms with Crippen molar-refractivity contribution in [1.29, 1.82) is 0 Å². The fourth-order valence-corrected chi connectivity index (χ4v) is 12.0. The number of rotatable bonds is 18. The van der Waals surface area contributed by atoms with Gasteiger partial charge in [-0.05, 0) is 192 Å². The number of hydrogen-bond acceptors (Lipinski definition) is 10. The maximum absolute atomic E-state index is 14.1. The molecule has 12 heteroatoms. The molecule has 1 saturated carbocycles. The second-order valence-electron chi connectivity index (χ2n) is 23.8. The lowest BCUT2D eigenvalue weighted by Crippen LogP contribution is -2.52. The number of alkyl carbamates (subject to hydrolysis) is 1. The molecule has 2 aliphatic heterocycles. The van der Waals surface area contributed by atoms with E-state index in [4.69, 9.17) is 9.47 Å². The molecule has 12 nitrogen and oxygen atoms in total. The molecule has 0 bridgehead atoms. The average molecular weight is 1050 g/mol. The van der Waals surface area contributed by atoms with Gasteiger partial charge in [0.25, 0.3) is 0 Å². The molecule has 4 unspecified atom stereocenters. The molecule has 75 heavy (non-hydrogen) atoms. The average Bonchev–Trinajstić information content (AvgIpc) is 3.36. The summed E-state index contributed by atoms with van der Waals surface area (Å²) in [5.41, 5.74) is 1.19. The van der Waals surface area contributed by atoms with Gasteiger partial charge in [-0.3, -0.25) is 24.4 Å². The Morgan fingerprint density at radius 3 is 2.27 bits per heavy atom. The third-order valence-corrected chi connectivity index (χ3v) is 16.5. The number of nitrogens with one attached hydrogen (secondary N) is 1. The first-order valence-corrected chi connectivity index (χ1v) is 29.7. The van der Waals surface area contributed by atoms with Crippen molar-refractivity contribution >= 4 is 30.8 Å². The zero-order chi connectivity index (χ0) is 55.1. The van der Waals surface area contributed by atoms with Crippen LogP contribution >= 0.6 is 0 Å². The lowest BCUT2D eigenvalue weighted by Gasteiger charge is -2.46. The van der Waals surface area contributed by atoms with Crippen molar-refractivity contribution in [2.45, 2.75) is 226 Å². The maximum Gasteiger partial charge on any atom is 0.407 e. The number of aldehydes is 1. The third-order valence-electron chi connectivity index (χ3n) is 16.5. The topological polar surface area (TPSA) is 141 Å². The van der Waals surface area contributed by atoms with Crippen molar-refractivity contribution in [3.8, 4) is 0 Å². The Balaban J connectivity index is 1.68. The minimum Gasteiger partial charge on any atom is -0.446 e. The molecule has 2 N–H and O–H groups in total.